The number of hydrogen-bond acceptors (Lipinski definition) is 7. The number of esters is 1. The van der Waals surface area contributed by atoms with Gasteiger partial charge in [0, 0.05) is 6.20 Å². The highest BCUT2D eigenvalue weighted by molar-refractivity contribution is 5.90. The van der Waals surface area contributed by atoms with Crippen molar-refractivity contribution in [3.8, 4) is 11.8 Å². The van der Waals surface area contributed by atoms with E-state index in [1.54, 1.807) is 52.4 Å². The smallest absolute Gasteiger partial charge is 0.420 e. The molecule has 0 fully saturated rings. The summed E-state index contributed by atoms with van der Waals surface area (Å²) in [7, 11) is 1.25. The molecule has 2 rings (SSSR count). The maximum Gasteiger partial charge on any atom is 0.420 e. The van der Waals surface area contributed by atoms with E-state index in [0.717, 1.165) is 10.5 Å². The zero-order valence-electron chi connectivity index (χ0n) is 20.7. The van der Waals surface area contributed by atoms with Crippen molar-refractivity contribution in [3.05, 3.63) is 53.3 Å². The number of methoxy groups -OCH3 is 1. The zero-order chi connectivity index (χ0) is 25.5. The molecule has 0 spiro atoms. The van der Waals surface area contributed by atoms with Gasteiger partial charge in [0.05, 0.1) is 25.8 Å². The molecule has 0 N–H and O–H groups in total. The lowest BCUT2D eigenvalue weighted by Crippen LogP contribution is -2.43. The van der Waals surface area contributed by atoms with Crippen LogP contribution in [0.3, 0.4) is 0 Å². The van der Waals surface area contributed by atoms with Crippen molar-refractivity contribution >= 4 is 18.2 Å². The first-order chi connectivity index (χ1) is 15.8. The van der Waals surface area contributed by atoms with Gasteiger partial charge in [0.25, 0.3) is 0 Å². The summed E-state index contributed by atoms with van der Waals surface area (Å²) < 4.78 is 17.0. The largest absolute Gasteiger partial charge is 0.464 e. The number of rotatable bonds is 4. The number of imide groups is 1. The number of carbonyl (C=O) groups is 3. The average Bonchev–Trinajstić information content (AvgIpc) is 3.11. The first kappa shape index (κ1) is 26.5. The van der Waals surface area contributed by atoms with Gasteiger partial charge in [-0.25, -0.2) is 19.3 Å². The van der Waals surface area contributed by atoms with E-state index in [4.69, 9.17) is 14.2 Å². The van der Waals surface area contributed by atoms with Crippen LogP contribution in [-0.2, 0) is 20.8 Å². The second kappa shape index (κ2) is 10.9. The Balaban J connectivity index is 2.31. The van der Waals surface area contributed by atoms with E-state index in [2.05, 4.69) is 16.9 Å². The molecule has 0 saturated carbocycles. The predicted octanol–water partition coefficient (Wildman–Crippen LogP) is 4.24. The van der Waals surface area contributed by atoms with Crippen LogP contribution in [0.4, 0.5) is 9.59 Å². The van der Waals surface area contributed by atoms with Crippen LogP contribution in [0.1, 0.15) is 63.2 Å². The standard InChI is InChI=1S/C25H31N3O6/c1-24(2,3)33-22(30)28(23(31)34-25(4,5)6)15-11-14-19-17-27(26-20(19)21(29)32-7)16-18-12-9-8-10-13-18/h8-10,12-13,17H,15-16H2,1-7H3. The summed E-state index contributed by atoms with van der Waals surface area (Å²) in [5.41, 5.74) is -0.312. The van der Waals surface area contributed by atoms with Gasteiger partial charge in [-0.05, 0) is 47.1 Å². The third kappa shape index (κ3) is 8.28. The summed E-state index contributed by atoms with van der Waals surface area (Å²) in [6.45, 7) is 10.2. The first-order valence-corrected chi connectivity index (χ1v) is 10.7. The highest BCUT2D eigenvalue weighted by Crippen LogP contribution is 2.15. The van der Waals surface area contributed by atoms with E-state index in [1.165, 1.54) is 7.11 Å². The van der Waals surface area contributed by atoms with Crippen LogP contribution in [-0.4, -0.2) is 57.7 Å². The van der Waals surface area contributed by atoms with Crippen molar-refractivity contribution in [2.75, 3.05) is 13.7 Å². The van der Waals surface area contributed by atoms with Gasteiger partial charge in [-0.15, -0.1) is 0 Å². The molecule has 0 aliphatic rings. The third-order valence-corrected chi connectivity index (χ3v) is 4.02. The molecule has 0 aliphatic carbocycles. The lowest BCUT2D eigenvalue weighted by atomic mass is 10.2. The SMILES string of the molecule is COC(=O)c1nn(Cc2ccccc2)cc1C#CCN(C(=O)OC(C)(C)C)C(=O)OC(C)(C)C. The minimum absolute atomic E-state index is 0.0343. The van der Waals surface area contributed by atoms with Crippen LogP contribution in [0.5, 0.6) is 0 Å². The quantitative estimate of drug-likeness (QED) is 0.375. The van der Waals surface area contributed by atoms with Crippen LogP contribution in [0.15, 0.2) is 36.5 Å². The molecule has 2 amide bonds. The number of carbonyl (C=O) groups excluding carboxylic acids is 3. The molecule has 0 unspecified atom stereocenters. The van der Waals surface area contributed by atoms with Gasteiger partial charge in [0.15, 0.2) is 5.69 Å². The van der Waals surface area contributed by atoms with Crippen LogP contribution < -0.4 is 0 Å². The Hall–Kier alpha value is -3.80. The van der Waals surface area contributed by atoms with Gasteiger partial charge >= 0.3 is 18.2 Å². The normalized spacial score (nSPS) is 11.1. The topological polar surface area (TPSA) is 100.0 Å². The summed E-state index contributed by atoms with van der Waals surface area (Å²) >= 11 is 0. The number of hydrogen-bond donors (Lipinski definition) is 0. The Labute approximate surface area is 200 Å². The van der Waals surface area contributed by atoms with Crippen molar-refractivity contribution in [1.29, 1.82) is 0 Å². The maximum absolute atomic E-state index is 12.6. The number of nitrogens with zero attached hydrogens (tertiary/aromatic N) is 3. The Morgan fingerprint density at radius 3 is 2.03 bits per heavy atom. The number of benzene rings is 1. The summed E-state index contributed by atoms with van der Waals surface area (Å²) in [5.74, 6) is 4.91. The molecular formula is C25H31N3O6. The van der Waals surface area contributed by atoms with E-state index >= 15 is 0 Å². The van der Waals surface area contributed by atoms with E-state index in [-0.39, 0.29) is 12.2 Å². The van der Waals surface area contributed by atoms with Gasteiger partial charge in [-0.3, -0.25) is 4.68 Å². The molecule has 0 radical (unpaired) electrons. The molecule has 1 heterocycles. The van der Waals surface area contributed by atoms with Gasteiger partial charge in [0.2, 0.25) is 0 Å². The molecular weight excluding hydrogens is 438 g/mol. The van der Waals surface area contributed by atoms with Gasteiger partial charge < -0.3 is 14.2 Å². The molecule has 0 saturated heterocycles. The maximum atomic E-state index is 12.6. The number of ether oxygens (including phenoxy) is 3. The van der Waals surface area contributed by atoms with Gasteiger partial charge in [-0.2, -0.15) is 5.10 Å². The molecule has 1 aromatic carbocycles. The van der Waals surface area contributed by atoms with Gasteiger partial charge in [0.1, 0.15) is 11.2 Å². The van der Waals surface area contributed by atoms with Gasteiger partial charge in [-0.1, -0.05) is 42.2 Å². The van der Waals surface area contributed by atoms with Crippen molar-refractivity contribution in [2.24, 2.45) is 0 Å². The van der Waals surface area contributed by atoms with Crippen molar-refractivity contribution in [2.45, 2.75) is 59.3 Å². The van der Waals surface area contributed by atoms with Crippen LogP contribution in [0.2, 0.25) is 0 Å². The summed E-state index contributed by atoms with van der Waals surface area (Å²) in [6, 6.07) is 9.59. The molecule has 9 nitrogen and oxygen atoms in total. The van der Waals surface area contributed by atoms with E-state index in [0.29, 0.717) is 12.1 Å². The molecule has 0 aliphatic heterocycles. The minimum atomic E-state index is -0.885. The molecule has 9 heteroatoms. The fraction of sp³-hybridized carbons (Fsp3) is 0.440. The lowest BCUT2D eigenvalue weighted by Gasteiger charge is -2.27. The lowest BCUT2D eigenvalue weighted by molar-refractivity contribution is 0.00408. The summed E-state index contributed by atoms with van der Waals surface area (Å²) in [6.07, 6.45) is -0.162. The van der Waals surface area contributed by atoms with E-state index in [9.17, 15) is 14.4 Å². The van der Waals surface area contributed by atoms with Crippen LogP contribution in [0.25, 0.3) is 0 Å². The average molecular weight is 470 g/mol. The molecule has 1 aromatic heterocycles. The van der Waals surface area contributed by atoms with Crippen molar-refractivity contribution < 1.29 is 28.6 Å². The molecule has 0 bridgehead atoms. The Kier molecular flexibility index (Phi) is 8.46. The fourth-order valence-corrected chi connectivity index (χ4v) is 2.66. The monoisotopic (exact) mass is 469 g/mol. The first-order valence-electron chi connectivity index (χ1n) is 10.7. The second-order valence-corrected chi connectivity index (χ2v) is 9.41. The Bertz CT molecular complexity index is 1050. The number of amides is 2. The van der Waals surface area contributed by atoms with E-state index in [1.807, 2.05) is 30.3 Å². The van der Waals surface area contributed by atoms with E-state index < -0.39 is 29.4 Å². The highest BCUT2D eigenvalue weighted by atomic mass is 16.6. The minimum Gasteiger partial charge on any atom is -0.464 e. The fourth-order valence-electron chi connectivity index (χ4n) is 2.66. The Morgan fingerprint density at radius 2 is 1.53 bits per heavy atom. The van der Waals surface area contributed by atoms with Crippen molar-refractivity contribution in [3.63, 3.8) is 0 Å². The van der Waals surface area contributed by atoms with Crippen LogP contribution >= 0.6 is 0 Å². The summed E-state index contributed by atoms with van der Waals surface area (Å²) in [4.78, 5) is 38.2. The number of aromatic nitrogens is 2. The summed E-state index contributed by atoms with van der Waals surface area (Å²) in [5, 5.41) is 4.28. The second-order valence-electron chi connectivity index (χ2n) is 9.41. The van der Waals surface area contributed by atoms with Crippen LogP contribution in [0, 0.1) is 11.8 Å². The highest BCUT2D eigenvalue weighted by Gasteiger charge is 2.30. The zero-order valence-corrected chi connectivity index (χ0v) is 20.7. The van der Waals surface area contributed by atoms with Crippen molar-refractivity contribution in [1.82, 2.24) is 14.7 Å². The third-order valence-electron chi connectivity index (χ3n) is 4.02. The molecule has 182 valence electrons. The molecule has 34 heavy (non-hydrogen) atoms. The molecule has 0 atom stereocenters. The molecule has 2 aromatic rings. The Morgan fingerprint density at radius 1 is 0.971 bits per heavy atom. The predicted molar refractivity (Wildman–Crippen MR) is 125 cm³/mol.